The molecule has 84 valence electrons. The van der Waals surface area contributed by atoms with Gasteiger partial charge in [0.2, 0.25) is 0 Å². The Labute approximate surface area is 92.8 Å². The van der Waals surface area contributed by atoms with Crippen molar-refractivity contribution in [3.8, 4) is 0 Å². The van der Waals surface area contributed by atoms with E-state index in [4.69, 9.17) is 0 Å². The summed E-state index contributed by atoms with van der Waals surface area (Å²) in [5.41, 5.74) is 0. The van der Waals surface area contributed by atoms with Crippen LogP contribution in [0.3, 0.4) is 0 Å². The fraction of sp³-hybridized carbons (Fsp3) is 1.00. The molecule has 14 heavy (non-hydrogen) atoms. The maximum Gasteiger partial charge on any atom is 0.0155 e. The van der Waals surface area contributed by atoms with Gasteiger partial charge in [0.15, 0.2) is 0 Å². The first kappa shape index (κ1) is 12.3. The van der Waals surface area contributed by atoms with Crippen molar-refractivity contribution in [3.63, 3.8) is 0 Å². The standard InChI is InChI=1S/C11H24N2S/c1-10(9-14-3)13(2)7-6-12-8-11-4-5-11/h10-12H,4-9H2,1-3H3. The lowest BCUT2D eigenvalue weighted by Crippen LogP contribution is -2.37. The van der Waals surface area contributed by atoms with Gasteiger partial charge in [0, 0.05) is 24.9 Å². The maximum absolute atomic E-state index is 3.53. The van der Waals surface area contributed by atoms with Gasteiger partial charge in [-0.05, 0) is 45.5 Å². The van der Waals surface area contributed by atoms with Gasteiger partial charge in [0.05, 0.1) is 0 Å². The van der Waals surface area contributed by atoms with E-state index in [1.54, 1.807) is 0 Å². The summed E-state index contributed by atoms with van der Waals surface area (Å²) in [5, 5.41) is 3.53. The van der Waals surface area contributed by atoms with Gasteiger partial charge in [0.1, 0.15) is 0 Å². The SMILES string of the molecule is CSCC(C)N(C)CCNCC1CC1. The zero-order valence-electron chi connectivity index (χ0n) is 9.75. The quantitative estimate of drug-likeness (QED) is 0.621. The fourth-order valence-corrected chi connectivity index (χ4v) is 2.21. The van der Waals surface area contributed by atoms with Crippen LogP contribution in [0.4, 0.5) is 0 Å². The minimum absolute atomic E-state index is 0.702. The Morgan fingerprint density at radius 1 is 1.50 bits per heavy atom. The number of hydrogen-bond donors (Lipinski definition) is 1. The number of nitrogens with one attached hydrogen (secondary N) is 1. The van der Waals surface area contributed by atoms with Gasteiger partial charge < -0.3 is 10.2 Å². The molecule has 0 aromatic carbocycles. The highest BCUT2D eigenvalue weighted by molar-refractivity contribution is 7.98. The van der Waals surface area contributed by atoms with E-state index in [1.165, 1.54) is 31.7 Å². The minimum atomic E-state index is 0.702. The van der Waals surface area contributed by atoms with E-state index < -0.39 is 0 Å². The molecular formula is C11H24N2S. The molecule has 0 heterocycles. The number of hydrogen-bond acceptors (Lipinski definition) is 3. The van der Waals surface area contributed by atoms with Crippen LogP contribution in [0.2, 0.25) is 0 Å². The van der Waals surface area contributed by atoms with Gasteiger partial charge in [-0.3, -0.25) is 0 Å². The second kappa shape index (κ2) is 6.70. The third kappa shape index (κ3) is 5.23. The van der Waals surface area contributed by atoms with Gasteiger partial charge >= 0.3 is 0 Å². The number of rotatable bonds is 8. The lowest BCUT2D eigenvalue weighted by molar-refractivity contribution is 0.277. The molecule has 1 fully saturated rings. The maximum atomic E-state index is 3.53. The fourth-order valence-electron chi connectivity index (χ4n) is 1.47. The molecule has 3 heteroatoms. The normalized spacial score (nSPS) is 18.9. The van der Waals surface area contributed by atoms with Crippen molar-refractivity contribution in [2.75, 3.05) is 38.7 Å². The summed E-state index contributed by atoms with van der Waals surface area (Å²) in [4.78, 5) is 2.44. The molecule has 2 nitrogen and oxygen atoms in total. The summed E-state index contributed by atoms with van der Waals surface area (Å²) >= 11 is 1.93. The van der Waals surface area contributed by atoms with E-state index in [0.717, 1.165) is 12.5 Å². The van der Waals surface area contributed by atoms with Gasteiger partial charge in [0.25, 0.3) is 0 Å². The van der Waals surface area contributed by atoms with E-state index in [2.05, 4.69) is 30.4 Å². The van der Waals surface area contributed by atoms with Gasteiger partial charge in [-0.2, -0.15) is 11.8 Å². The van der Waals surface area contributed by atoms with Crippen molar-refractivity contribution >= 4 is 11.8 Å². The molecule has 1 unspecified atom stereocenters. The minimum Gasteiger partial charge on any atom is -0.315 e. The molecule has 1 N–H and O–H groups in total. The number of thioether (sulfide) groups is 1. The highest BCUT2D eigenvalue weighted by atomic mass is 32.2. The molecule has 1 saturated carbocycles. The summed E-state index contributed by atoms with van der Waals surface area (Å²) in [6.07, 6.45) is 5.08. The molecular weight excluding hydrogens is 192 g/mol. The molecule has 0 aromatic heterocycles. The molecule has 1 rings (SSSR count). The first-order valence-corrected chi connectivity index (χ1v) is 7.03. The number of nitrogens with zero attached hydrogens (tertiary/aromatic N) is 1. The average Bonchev–Trinajstić information content (AvgIpc) is 2.96. The lowest BCUT2D eigenvalue weighted by Gasteiger charge is -2.24. The van der Waals surface area contributed by atoms with E-state index >= 15 is 0 Å². The molecule has 1 aliphatic rings. The molecule has 0 amide bonds. The van der Waals surface area contributed by atoms with Crippen LogP contribution in [0, 0.1) is 5.92 Å². The van der Waals surface area contributed by atoms with Crippen molar-refractivity contribution in [1.82, 2.24) is 10.2 Å². The van der Waals surface area contributed by atoms with Crippen molar-refractivity contribution in [3.05, 3.63) is 0 Å². The van der Waals surface area contributed by atoms with Crippen LogP contribution in [-0.2, 0) is 0 Å². The van der Waals surface area contributed by atoms with Crippen LogP contribution in [0.25, 0.3) is 0 Å². The number of likely N-dealkylation sites (N-methyl/N-ethyl adjacent to an activating group) is 1. The van der Waals surface area contributed by atoms with E-state index in [0.29, 0.717) is 6.04 Å². The van der Waals surface area contributed by atoms with Crippen molar-refractivity contribution in [1.29, 1.82) is 0 Å². The Kier molecular flexibility index (Phi) is 5.90. The first-order chi connectivity index (χ1) is 6.74. The lowest BCUT2D eigenvalue weighted by atomic mass is 10.3. The first-order valence-electron chi connectivity index (χ1n) is 5.64. The van der Waals surface area contributed by atoms with Gasteiger partial charge in [-0.15, -0.1) is 0 Å². The van der Waals surface area contributed by atoms with Crippen molar-refractivity contribution in [2.45, 2.75) is 25.8 Å². The van der Waals surface area contributed by atoms with Gasteiger partial charge in [-0.25, -0.2) is 0 Å². The Morgan fingerprint density at radius 3 is 2.79 bits per heavy atom. The highest BCUT2D eigenvalue weighted by Crippen LogP contribution is 2.27. The summed E-state index contributed by atoms with van der Waals surface area (Å²) in [6.45, 7) is 5.86. The summed E-state index contributed by atoms with van der Waals surface area (Å²) < 4.78 is 0. The van der Waals surface area contributed by atoms with Crippen LogP contribution in [0.15, 0.2) is 0 Å². The molecule has 0 aromatic rings. The molecule has 0 radical (unpaired) electrons. The van der Waals surface area contributed by atoms with Crippen LogP contribution in [-0.4, -0.2) is 49.6 Å². The highest BCUT2D eigenvalue weighted by Gasteiger charge is 2.20. The Balaban J connectivity index is 1.92. The van der Waals surface area contributed by atoms with Crippen molar-refractivity contribution < 1.29 is 0 Å². The second-order valence-electron chi connectivity index (χ2n) is 4.43. The zero-order chi connectivity index (χ0) is 10.4. The molecule has 0 aliphatic heterocycles. The zero-order valence-corrected chi connectivity index (χ0v) is 10.6. The largest absolute Gasteiger partial charge is 0.315 e. The monoisotopic (exact) mass is 216 g/mol. The Hall–Kier alpha value is 0.270. The van der Waals surface area contributed by atoms with Crippen LogP contribution in [0.5, 0.6) is 0 Å². The Bertz CT molecular complexity index is 148. The molecule has 0 saturated heterocycles. The molecule has 1 atom stereocenters. The second-order valence-corrected chi connectivity index (χ2v) is 5.34. The van der Waals surface area contributed by atoms with E-state index in [1.807, 2.05) is 11.8 Å². The van der Waals surface area contributed by atoms with Gasteiger partial charge in [-0.1, -0.05) is 0 Å². The smallest absolute Gasteiger partial charge is 0.0155 e. The van der Waals surface area contributed by atoms with E-state index in [-0.39, 0.29) is 0 Å². The summed E-state index contributed by atoms with van der Waals surface area (Å²) in [7, 11) is 2.22. The summed E-state index contributed by atoms with van der Waals surface area (Å²) in [5.74, 6) is 2.24. The molecule has 0 bridgehead atoms. The molecule has 1 aliphatic carbocycles. The predicted octanol–water partition coefficient (Wildman–Crippen LogP) is 1.67. The van der Waals surface area contributed by atoms with Crippen LogP contribution in [0.1, 0.15) is 19.8 Å². The van der Waals surface area contributed by atoms with Crippen LogP contribution >= 0.6 is 11.8 Å². The van der Waals surface area contributed by atoms with E-state index in [9.17, 15) is 0 Å². The predicted molar refractivity (Wildman–Crippen MR) is 66.1 cm³/mol. The van der Waals surface area contributed by atoms with Crippen molar-refractivity contribution in [2.24, 2.45) is 5.92 Å². The summed E-state index contributed by atoms with van der Waals surface area (Å²) in [6, 6.07) is 0.702. The third-order valence-corrected chi connectivity index (χ3v) is 3.75. The molecule has 0 spiro atoms. The Morgan fingerprint density at radius 2 is 2.21 bits per heavy atom. The van der Waals surface area contributed by atoms with Crippen LogP contribution < -0.4 is 5.32 Å². The third-order valence-electron chi connectivity index (χ3n) is 2.93. The topological polar surface area (TPSA) is 15.3 Å². The average molecular weight is 216 g/mol.